The molecule has 1 rings (SSSR count). The Morgan fingerprint density at radius 1 is 1.14 bits per heavy atom. The zero-order valence-corrected chi connectivity index (χ0v) is 11.0. The first-order valence-electron chi connectivity index (χ1n) is 4.21. The summed E-state index contributed by atoms with van der Waals surface area (Å²) in [6.07, 6.45) is 0.812. The molecular formula is C9H11Cl3OSi. The summed E-state index contributed by atoms with van der Waals surface area (Å²) in [5, 5.41) is 0. The van der Waals surface area contributed by atoms with Crippen LogP contribution in [0.25, 0.3) is 0 Å². The molecule has 0 fully saturated rings. The number of hydrogen-bond acceptors (Lipinski definition) is 1. The minimum Gasteiger partial charge on any atom is -0.497 e. The predicted octanol–water partition coefficient (Wildman–Crippen LogP) is 3.89. The molecule has 0 saturated heterocycles. The summed E-state index contributed by atoms with van der Waals surface area (Å²) in [5.41, 5.74) is 1.17. The smallest absolute Gasteiger partial charge is 0.341 e. The second-order valence-electron chi connectivity index (χ2n) is 2.96. The molecule has 14 heavy (non-hydrogen) atoms. The van der Waals surface area contributed by atoms with Gasteiger partial charge in [0.05, 0.1) is 7.11 Å². The van der Waals surface area contributed by atoms with Crippen molar-refractivity contribution in [3.63, 3.8) is 0 Å². The Balaban J connectivity index is 2.52. The number of benzene rings is 1. The van der Waals surface area contributed by atoms with Crippen molar-refractivity contribution >= 4 is 39.2 Å². The average molecular weight is 270 g/mol. The molecule has 5 heteroatoms. The Kier molecular flexibility index (Phi) is 4.58. The van der Waals surface area contributed by atoms with Gasteiger partial charge in [-0.25, -0.2) is 0 Å². The van der Waals surface area contributed by atoms with E-state index in [1.54, 1.807) is 7.11 Å². The number of rotatable bonds is 4. The molecule has 78 valence electrons. The Labute approximate surface area is 99.0 Å². The third kappa shape index (κ3) is 4.56. The molecule has 0 aliphatic heterocycles. The van der Waals surface area contributed by atoms with Crippen molar-refractivity contribution in [2.75, 3.05) is 7.11 Å². The summed E-state index contributed by atoms with van der Waals surface area (Å²) < 4.78 is 5.05. The van der Waals surface area contributed by atoms with E-state index in [2.05, 4.69) is 0 Å². The molecule has 0 atom stereocenters. The van der Waals surface area contributed by atoms with Crippen LogP contribution in [0.2, 0.25) is 6.04 Å². The highest BCUT2D eigenvalue weighted by atomic mass is 35.8. The van der Waals surface area contributed by atoms with Gasteiger partial charge in [-0.1, -0.05) is 12.1 Å². The SMILES string of the molecule is COc1ccc(CC[Si](Cl)(Cl)Cl)cc1. The molecule has 0 heterocycles. The van der Waals surface area contributed by atoms with Crippen molar-refractivity contribution in [2.45, 2.75) is 12.5 Å². The van der Waals surface area contributed by atoms with Crippen LogP contribution in [0.1, 0.15) is 5.56 Å². The van der Waals surface area contributed by atoms with E-state index in [0.717, 1.165) is 12.2 Å². The van der Waals surface area contributed by atoms with Gasteiger partial charge < -0.3 is 4.74 Å². The first-order chi connectivity index (χ1) is 6.51. The van der Waals surface area contributed by atoms with Gasteiger partial charge in [0, 0.05) is 0 Å². The third-order valence-corrected chi connectivity index (χ3v) is 4.37. The summed E-state index contributed by atoms with van der Waals surface area (Å²) in [6.45, 7) is 0. The molecule has 1 nitrogen and oxygen atoms in total. The largest absolute Gasteiger partial charge is 0.497 e. The van der Waals surface area contributed by atoms with Crippen LogP contribution in [0.15, 0.2) is 24.3 Å². The van der Waals surface area contributed by atoms with Crippen molar-refractivity contribution < 1.29 is 4.74 Å². The van der Waals surface area contributed by atoms with Gasteiger partial charge in [0.15, 0.2) is 0 Å². The molecule has 0 aliphatic carbocycles. The van der Waals surface area contributed by atoms with Gasteiger partial charge in [0.25, 0.3) is 0 Å². The average Bonchev–Trinajstić information content (AvgIpc) is 2.14. The normalized spacial score (nSPS) is 11.4. The lowest BCUT2D eigenvalue weighted by atomic mass is 10.2. The fourth-order valence-corrected chi connectivity index (χ4v) is 2.50. The van der Waals surface area contributed by atoms with Crippen LogP contribution < -0.4 is 4.74 Å². The van der Waals surface area contributed by atoms with Crippen LogP contribution in [-0.4, -0.2) is 13.1 Å². The first kappa shape index (κ1) is 12.2. The Hall–Kier alpha value is 0.107. The van der Waals surface area contributed by atoms with Crippen LogP contribution >= 0.6 is 33.2 Å². The standard InChI is InChI=1S/C9H11Cl3OSi/c1-13-9-4-2-8(3-5-9)6-7-14(10,11)12/h2-5H,6-7H2,1H3. The molecule has 0 spiro atoms. The molecule has 0 amide bonds. The molecule has 0 radical (unpaired) electrons. The fraction of sp³-hybridized carbons (Fsp3) is 0.333. The third-order valence-electron chi connectivity index (χ3n) is 1.86. The maximum atomic E-state index is 5.79. The lowest BCUT2D eigenvalue weighted by Gasteiger charge is -2.07. The van der Waals surface area contributed by atoms with Gasteiger partial charge in [-0.15, -0.1) is 33.2 Å². The van der Waals surface area contributed by atoms with Gasteiger partial charge in [-0.2, -0.15) is 0 Å². The molecule has 0 aromatic heterocycles. The van der Waals surface area contributed by atoms with Gasteiger partial charge in [-0.3, -0.25) is 0 Å². The van der Waals surface area contributed by atoms with Crippen LogP contribution in [-0.2, 0) is 6.42 Å². The van der Waals surface area contributed by atoms with Crippen LogP contribution in [0, 0.1) is 0 Å². The van der Waals surface area contributed by atoms with E-state index in [4.69, 9.17) is 38.0 Å². The van der Waals surface area contributed by atoms with Crippen LogP contribution in [0.4, 0.5) is 0 Å². The molecule has 0 N–H and O–H groups in total. The van der Waals surface area contributed by atoms with Gasteiger partial charge >= 0.3 is 6.00 Å². The van der Waals surface area contributed by atoms with E-state index in [0.29, 0.717) is 6.04 Å². The number of ether oxygens (including phenoxy) is 1. The van der Waals surface area contributed by atoms with Gasteiger partial charge in [0.1, 0.15) is 5.75 Å². The molecule has 0 unspecified atom stereocenters. The molecule has 0 bridgehead atoms. The van der Waals surface area contributed by atoms with Crippen LogP contribution in [0.5, 0.6) is 5.75 Å². The lowest BCUT2D eigenvalue weighted by molar-refractivity contribution is 0.414. The quantitative estimate of drug-likeness (QED) is 0.595. The minimum atomic E-state index is -2.48. The van der Waals surface area contributed by atoms with Gasteiger partial charge in [-0.05, 0) is 30.2 Å². The highest BCUT2D eigenvalue weighted by molar-refractivity contribution is 7.64. The number of hydrogen-bond donors (Lipinski definition) is 0. The highest BCUT2D eigenvalue weighted by Crippen LogP contribution is 2.27. The molecule has 0 aliphatic rings. The Bertz CT molecular complexity index is 281. The summed E-state index contributed by atoms with van der Waals surface area (Å²) in [6, 6.07) is 5.98. The molecule has 1 aromatic rings. The highest BCUT2D eigenvalue weighted by Gasteiger charge is 2.23. The predicted molar refractivity (Wildman–Crippen MR) is 64.8 cm³/mol. The summed E-state index contributed by atoms with van der Waals surface area (Å²) in [5.74, 6) is 0.847. The molecular weight excluding hydrogens is 259 g/mol. The van der Waals surface area contributed by atoms with Crippen molar-refractivity contribution in [1.82, 2.24) is 0 Å². The first-order valence-corrected chi connectivity index (χ1v) is 9.45. The van der Waals surface area contributed by atoms with E-state index in [9.17, 15) is 0 Å². The maximum absolute atomic E-state index is 5.79. The van der Waals surface area contributed by atoms with Crippen LogP contribution in [0.3, 0.4) is 0 Å². The number of methoxy groups -OCH3 is 1. The van der Waals surface area contributed by atoms with Crippen molar-refractivity contribution in [3.05, 3.63) is 29.8 Å². The Morgan fingerprint density at radius 3 is 2.14 bits per heavy atom. The molecule has 0 saturated carbocycles. The van der Waals surface area contributed by atoms with Crippen molar-refractivity contribution in [2.24, 2.45) is 0 Å². The Morgan fingerprint density at radius 2 is 1.71 bits per heavy atom. The van der Waals surface area contributed by atoms with Gasteiger partial charge in [0.2, 0.25) is 0 Å². The maximum Gasteiger partial charge on any atom is 0.341 e. The van der Waals surface area contributed by atoms with E-state index in [-0.39, 0.29) is 0 Å². The summed E-state index contributed by atoms with van der Waals surface area (Å²) in [4.78, 5) is 0. The zero-order valence-electron chi connectivity index (χ0n) is 7.77. The van der Waals surface area contributed by atoms with Crippen molar-refractivity contribution in [1.29, 1.82) is 0 Å². The van der Waals surface area contributed by atoms with Crippen molar-refractivity contribution in [3.8, 4) is 5.75 Å². The fourth-order valence-electron chi connectivity index (χ4n) is 1.08. The topological polar surface area (TPSA) is 9.23 Å². The lowest BCUT2D eigenvalue weighted by Crippen LogP contribution is -2.09. The van der Waals surface area contributed by atoms with E-state index >= 15 is 0 Å². The van der Waals surface area contributed by atoms with E-state index in [1.165, 1.54) is 5.56 Å². The molecule has 1 aromatic carbocycles. The minimum absolute atomic E-state index is 0.657. The van der Waals surface area contributed by atoms with E-state index < -0.39 is 6.00 Å². The zero-order chi connectivity index (χ0) is 10.6. The summed E-state index contributed by atoms with van der Waals surface area (Å²) in [7, 11) is 1.64. The summed E-state index contributed by atoms with van der Waals surface area (Å²) >= 11 is 17.4. The second-order valence-corrected chi connectivity index (χ2v) is 12.2. The monoisotopic (exact) mass is 268 g/mol. The number of aryl methyl sites for hydroxylation is 1. The number of halogens is 3. The second kappa shape index (κ2) is 5.26. The van der Waals surface area contributed by atoms with E-state index in [1.807, 2.05) is 24.3 Å².